The van der Waals surface area contributed by atoms with Gasteiger partial charge in [0.05, 0.1) is 11.0 Å². The normalized spacial score (nSPS) is 22.0. The molecule has 1 atom stereocenters. The molecule has 2 amide bonds. The van der Waals surface area contributed by atoms with E-state index >= 15 is 0 Å². The van der Waals surface area contributed by atoms with Crippen LogP contribution in [0.4, 0.5) is 5.69 Å². The van der Waals surface area contributed by atoms with Gasteiger partial charge in [0.2, 0.25) is 5.91 Å². The lowest BCUT2D eigenvalue weighted by molar-refractivity contribution is -0.122. The van der Waals surface area contributed by atoms with Crippen molar-refractivity contribution in [3.63, 3.8) is 0 Å². The molecule has 2 aliphatic rings. The summed E-state index contributed by atoms with van der Waals surface area (Å²) in [6.07, 6.45) is 1.47. The van der Waals surface area contributed by atoms with Crippen LogP contribution in [0.3, 0.4) is 0 Å². The maximum atomic E-state index is 13.0. The number of piperidine rings is 1. The first-order valence-electron chi connectivity index (χ1n) is 8.51. The lowest BCUT2D eigenvalue weighted by Gasteiger charge is -2.39. The van der Waals surface area contributed by atoms with Crippen molar-refractivity contribution in [3.05, 3.63) is 59.2 Å². The van der Waals surface area contributed by atoms with Crippen molar-refractivity contribution in [2.45, 2.75) is 25.2 Å². The molecule has 5 heteroatoms. The number of carbonyl (C=O) groups excluding carboxylic acids is 2. The highest BCUT2D eigenvalue weighted by Gasteiger charge is 2.50. The van der Waals surface area contributed by atoms with Crippen molar-refractivity contribution < 1.29 is 14.7 Å². The van der Waals surface area contributed by atoms with Gasteiger partial charge in [-0.2, -0.15) is 0 Å². The smallest absolute Gasteiger partial charge is 0.257 e. The van der Waals surface area contributed by atoms with E-state index in [1.165, 1.54) is 0 Å². The van der Waals surface area contributed by atoms with Crippen LogP contribution in [0.2, 0.25) is 0 Å². The molecule has 0 aliphatic carbocycles. The highest BCUT2D eigenvalue weighted by atomic mass is 16.3. The highest BCUT2D eigenvalue weighted by molar-refractivity contribution is 6.07. The molecule has 1 saturated heterocycles. The summed E-state index contributed by atoms with van der Waals surface area (Å²) in [4.78, 5) is 27.4. The van der Waals surface area contributed by atoms with Gasteiger partial charge in [0.15, 0.2) is 0 Å². The molecule has 1 fully saturated rings. The highest BCUT2D eigenvalue weighted by Crippen LogP contribution is 2.44. The second kappa shape index (κ2) is 5.62. The average Bonchev–Trinajstić information content (AvgIpc) is 2.88. The SMILES string of the molecule is Cc1ccc(O)c(C(=O)N2CCCC3(C2)C(=O)Nc2ccccc23)c1. The molecule has 1 unspecified atom stereocenters. The lowest BCUT2D eigenvalue weighted by Crippen LogP contribution is -2.51. The molecule has 25 heavy (non-hydrogen) atoms. The van der Waals surface area contributed by atoms with Crippen LogP contribution in [0.25, 0.3) is 0 Å². The summed E-state index contributed by atoms with van der Waals surface area (Å²) in [5, 5.41) is 13.0. The maximum absolute atomic E-state index is 13.0. The Hall–Kier alpha value is -2.82. The first-order chi connectivity index (χ1) is 12.0. The fourth-order valence-electron chi connectivity index (χ4n) is 4.00. The Labute approximate surface area is 146 Å². The molecule has 0 bridgehead atoms. The number of nitrogens with zero attached hydrogens (tertiary/aromatic N) is 1. The number of carbonyl (C=O) groups is 2. The van der Waals surface area contributed by atoms with Crippen molar-refractivity contribution in [1.82, 2.24) is 4.90 Å². The van der Waals surface area contributed by atoms with Crippen molar-refractivity contribution in [2.24, 2.45) is 0 Å². The van der Waals surface area contributed by atoms with Crippen LogP contribution in [-0.4, -0.2) is 34.9 Å². The maximum Gasteiger partial charge on any atom is 0.257 e. The predicted octanol–water partition coefficient (Wildman–Crippen LogP) is 2.83. The topological polar surface area (TPSA) is 69.6 Å². The number of aryl methyl sites for hydroxylation is 1. The number of likely N-dealkylation sites (tertiary alicyclic amines) is 1. The molecule has 2 N–H and O–H groups in total. The third-order valence-electron chi connectivity index (χ3n) is 5.29. The number of para-hydroxylation sites is 1. The number of phenols is 1. The Bertz CT molecular complexity index is 877. The van der Waals surface area contributed by atoms with Crippen LogP contribution in [-0.2, 0) is 10.2 Å². The van der Waals surface area contributed by atoms with E-state index in [1.54, 1.807) is 23.1 Å². The van der Waals surface area contributed by atoms with E-state index in [-0.39, 0.29) is 17.6 Å². The first-order valence-corrected chi connectivity index (χ1v) is 8.51. The average molecular weight is 336 g/mol. The van der Waals surface area contributed by atoms with Gasteiger partial charge in [-0.25, -0.2) is 0 Å². The number of aromatic hydroxyl groups is 1. The second-order valence-electron chi connectivity index (χ2n) is 6.93. The third-order valence-corrected chi connectivity index (χ3v) is 5.29. The summed E-state index contributed by atoms with van der Waals surface area (Å²) in [6.45, 7) is 2.81. The fraction of sp³-hybridized carbons (Fsp3) is 0.300. The number of fused-ring (bicyclic) bond motifs is 2. The van der Waals surface area contributed by atoms with E-state index in [4.69, 9.17) is 0 Å². The molecule has 2 aliphatic heterocycles. The number of amides is 2. The van der Waals surface area contributed by atoms with Gasteiger partial charge in [-0.05, 0) is 43.5 Å². The van der Waals surface area contributed by atoms with E-state index in [0.29, 0.717) is 18.7 Å². The molecule has 2 aromatic rings. The van der Waals surface area contributed by atoms with E-state index in [1.807, 2.05) is 31.2 Å². The quantitative estimate of drug-likeness (QED) is 0.841. The van der Waals surface area contributed by atoms with Gasteiger partial charge in [-0.1, -0.05) is 29.8 Å². The summed E-state index contributed by atoms with van der Waals surface area (Å²) in [5.74, 6) is -0.288. The lowest BCUT2D eigenvalue weighted by atomic mass is 9.75. The van der Waals surface area contributed by atoms with Gasteiger partial charge < -0.3 is 15.3 Å². The molecule has 4 rings (SSSR count). The molecule has 2 aromatic carbocycles. The van der Waals surface area contributed by atoms with Crippen LogP contribution < -0.4 is 5.32 Å². The number of hydrogen-bond acceptors (Lipinski definition) is 3. The van der Waals surface area contributed by atoms with Crippen LogP contribution >= 0.6 is 0 Å². The van der Waals surface area contributed by atoms with Crippen molar-refractivity contribution in [3.8, 4) is 5.75 Å². The third kappa shape index (κ3) is 2.38. The molecule has 5 nitrogen and oxygen atoms in total. The number of benzene rings is 2. The van der Waals surface area contributed by atoms with E-state index in [0.717, 1.165) is 29.7 Å². The van der Waals surface area contributed by atoms with Gasteiger partial charge in [0.1, 0.15) is 5.75 Å². The summed E-state index contributed by atoms with van der Waals surface area (Å²) in [5.41, 5.74) is 2.32. The van der Waals surface area contributed by atoms with Crippen molar-refractivity contribution in [2.75, 3.05) is 18.4 Å². The second-order valence-corrected chi connectivity index (χ2v) is 6.93. The Morgan fingerprint density at radius 3 is 2.88 bits per heavy atom. The zero-order valence-corrected chi connectivity index (χ0v) is 14.1. The molecule has 0 aromatic heterocycles. The standard InChI is InChI=1S/C20H20N2O3/c1-13-7-8-17(23)14(11-13)18(24)22-10-4-9-20(12-22)15-5-2-3-6-16(15)21-19(20)25/h2-3,5-8,11,23H,4,9-10,12H2,1H3,(H,21,25). The van der Waals surface area contributed by atoms with Gasteiger partial charge >= 0.3 is 0 Å². The van der Waals surface area contributed by atoms with Crippen molar-refractivity contribution in [1.29, 1.82) is 0 Å². The zero-order chi connectivity index (χ0) is 17.6. The van der Waals surface area contributed by atoms with Crippen LogP contribution in [0, 0.1) is 6.92 Å². The molecule has 2 heterocycles. The molecular weight excluding hydrogens is 316 g/mol. The van der Waals surface area contributed by atoms with Crippen LogP contribution in [0.15, 0.2) is 42.5 Å². The molecule has 0 saturated carbocycles. The fourth-order valence-corrected chi connectivity index (χ4v) is 4.00. The number of hydrogen-bond donors (Lipinski definition) is 2. The number of anilines is 1. The number of nitrogens with one attached hydrogen (secondary N) is 1. The largest absolute Gasteiger partial charge is 0.507 e. The summed E-state index contributed by atoms with van der Waals surface area (Å²) in [7, 11) is 0. The number of rotatable bonds is 1. The molecule has 1 spiro atoms. The molecule has 0 radical (unpaired) electrons. The van der Waals surface area contributed by atoms with Gasteiger partial charge in [0.25, 0.3) is 5.91 Å². The predicted molar refractivity (Wildman–Crippen MR) is 94.7 cm³/mol. The summed E-state index contributed by atoms with van der Waals surface area (Å²) < 4.78 is 0. The molecule has 128 valence electrons. The minimum Gasteiger partial charge on any atom is -0.507 e. The van der Waals surface area contributed by atoms with Crippen LogP contribution in [0.1, 0.15) is 34.3 Å². The Morgan fingerprint density at radius 1 is 1.24 bits per heavy atom. The minimum atomic E-state index is -0.691. The summed E-state index contributed by atoms with van der Waals surface area (Å²) >= 11 is 0. The first kappa shape index (κ1) is 15.7. The Balaban J connectivity index is 1.69. The van der Waals surface area contributed by atoms with Crippen molar-refractivity contribution >= 4 is 17.5 Å². The van der Waals surface area contributed by atoms with Gasteiger partial charge in [0, 0.05) is 18.8 Å². The van der Waals surface area contributed by atoms with E-state index in [2.05, 4.69) is 5.32 Å². The Morgan fingerprint density at radius 2 is 2.04 bits per heavy atom. The van der Waals surface area contributed by atoms with E-state index in [9.17, 15) is 14.7 Å². The number of phenolic OH excluding ortho intramolecular Hbond substituents is 1. The minimum absolute atomic E-state index is 0.0218. The Kier molecular flexibility index (Phi) is 3.53. The van der Waals surface area contributed by atoms with Gasteiger partial charge in [-0.15, -0.1) is 0 Å². The monoisotopic (exact) mass is 336 g/mol. The zero-order valence-electron chi connectivity index (χ0n) is 14.1. The van der Waals surface area contributed by atoms with E-state index < -0.39 is 5.41 Å². The van der Waals surface area contributed by atoms with Gasteiger partial charge in [-0.3, -0.25) is 9.59 Å². The molecular formula is C20H20N2O3. The summed E-state index contributed by atoms with van der Waals surface area (Å²) in [6, 6.07) is 12.7. The van der Waals surface area contributed by atoms with Crippen LogP contribution in [0.5, 0.6) is 5.75 Å².